The molecule has 5 atom stereocenters. The van der Waals surface area contributed by atoms with Gasteiger partial charge in [-0.3, -0.25) is 14.4 Å². The number of allylic oxidation sites excluding steroid dienone is 1. The number of aliphatic hydroxyl groups excluding tert-OH is 2. The highest BCUT2D eigenvalue weighted by Crippen LogP contribution is 2.61. The number of halogens is 1. The maximum Gasteiger partial charge on any atom is 0.255 e. The molecule has 0 aromatic heterocycles. The fraction of sp³-hybridized carbons (Fsp3) is 0.444. The third kappa shape index (κ3) is 2.75. The molecule has 1 fully saturated rings. The summed E-state index contributed by atoms with van der Waals surface area (Å²) in [5.41, 5.74) is -0.313. The summed E-state index contributed by atoms with van der Waals surface area (Å²) in [4.78, 5) is 41.1. The number of rotatable bonds is 3. The molecular formula is C27H28FN3O7. The van der Waals surface area contributed by atoms with E-state index in [-0.39, 0.29) is 41.1 Å². The Bertz CT molecular complexity index is 1430. The summed E-state index contributed by atoms with van der Waals surface area (Å²) in [6.07, 6.45) is 4.34. The van der Waals surface area contributed by atoms with Gasteiger partial charge in [-0.15, -0.1) is 0 Å². The van der Waals surface area contributed by atoms with Crippen molar-refractivity contribution in [3.63, 3.8) is 0 Å². The van der Waals surface area contributed by atoms with E-state index >= 15 is 4.39 Å². The average Bonchev–Trinajstić information content (AvgIpc) is 3.52. The molecule has 200 valence electrons. The molecule has 7 N–H and O–H groups in total. The van der Waals surface area contributed by atoms with E-state index in [4.69, 9.17) is 5.73 Å². The molecule has 11 heteroatoms. The predicted octanol–water partition coefficient (Wildman–Crippen LogP) is 1.34. The van der Waals surface area contributed by atoms with Gasteiger partial charge >= 0.3 is 0 Å². The molecule has 0 radical (unpaired) electrons. The van der Waals surface area contributed by atoms with Crippen LogP contribution >= 0.6 is 0 Å². The van der Waals surface area contributed by atoms with E-state index in [0.29, 0.717) is 19.5 Å². The number of hydrogen-bond donors (Lipinski definition) is 6. The first kappa shape index (κ1) is 24.6. The molecule has 0 saturated carbocycles. The Labute approximate surface area is 216 Å². The Balaban J connectivity index is 1.57. The zero-order valence-electron chi connectivity index (χ0n) is 20.6. The Morgan fingerprint density at radius 3 is 2.66 bits per heavy atom. The van der Waals surface area contributed by atoms with Crippen LogP contribution in [-0.2, 0) is 16.0 Å². The van der Waals surface area contributed by atoms with Crippen molar-refractivity contribution in [2.24, 2.45) is 17.1 Å². The molecule has 5 aliphatic rings. The summed E-state index contributed by atoms with van der Waals surface area (Å²) in [5.74, 6) is -7.04. The van der Waals surface area contributed by atoms with Crippen molar-refractivity contribution in [2.45, 2.75) is 50.3 Å². The smallest absolute Gasteiger partial charge is 0.255 e. The van der Waals surface area contributed by atoms with Crippen LogP contribution in [0, 0.1) is 17.2 Å². The number of primary amides is 1. The summed E-state index contributed by atoms with van der Waals surface area (Å²) in [6.45, 7) is 2.77. The summed E-state index contributed by atoms with van der Waals surface area (Å²) < 4.78 is 15.9. The van der Waals surface area contributed by atoms with Gasteiger partial charge in [0.25, 0.3) is 5.91 Å². The van der Waals surface area contributed by atoms with Crippen molar-refractivity contribution in [3.8, 4) is 5.75 Å². The largest absolute Gasteiger partial charge is 0.509 e. The van der Waals surface area contributed by atoms with Gasteiger partial charge in [-0.05, 0) is 57.3 Å². The maximum atomic E-state index is 15.9. The van der Waals surface area contributed by atoms with Crippen LogP contribution in [-0.4, -0.2) is 67.5 Å². The van der Waals surface area contributed by atoms with Crippen LogP contribution in [0.15, 0.2) is 41.0 Å². The minimum Gasteiger partial charge on any atom is -0.509 e. The maximum absolute atomic E-state index is 15.9. The number of nitrogens with one attached hydrogen (secondary N) is 1. The van der Waals surface area contributed by atoms with Gasteiger partial charge in [0, 0.05) is 29.3 Å². The Morgan fingerprint density at radius 2 is 2.03 bits per heavy atom. The highest BCUT2D eigenvalue weighted by Gasteiger charge is 2.72. The van der Waals surface area contributed by atoms with Crippen LogP contribution in [0.4, 0.5) is 4.39 Å². The van der Waals surface area contributed by atoms with E-state index in [2.05, 4.69) is 5.32 Å². The number of phenols is 1. The number of benzene rings is 1. The first-order valence-corrected chi connectivity index (χ1v) is 12.7. The van der Waals surface area contributed by atoms with Crippen molar-refractivity contribution < 1.29 is 39.2 Å². The summed E-state index contributed by atoms with van der Waals surface area (Å²) >= 11 is 0. The second-order valence-electron chi connectivity index (χ2n) is 10.8. The fourth-order valence-corrected chi connectivity index (χ4v) is 7.36. The van der Waals surface area contributed by atoms with Gasteiger partial charge in [-0.2, -0.15) is 0 Å². The SMILES string of the molecule is CCN1C=C[C@@]23C[C@@H]4Cc5c(F)c(C6CCCN6)cc(O)c5C(=O)C4=C(O)[C@]2(O)C(=O)C(C(N)=O)=C(O)[C@@H]13. The number of hydrogen-bond acceptors (Lipinski definition) is 9. The average molecular weight is 526 g/mol. The van der Waals surface area contributed by atoms with Gasteiger partial charge in [0.2, 0.25) is 5.78 Å². The van der Waals surface area contributed by atoms with Gasteiger partial charge in [0.15, 0.2) is 11.4 Å². The zero-order valence-corrected chi connectivity index (χ0v) is 20.6. The lowest BCUT2D eigenvalue weighted by atomic mass is 9.51. The third-order valence-corrected chi connectivity index (χ3v) is 9.06. The molecule has 1 aromatic rings. The highest BCUT2D eigenvalue weighted by atomic mass is 19.1. The molecule has 1 unspecified atom stereocenters. The molecule has 38 heavy (non-hydrogen) atoms. The summed E-state index contributed by atoms with van der Waals surface area (Å²) in [7, 11) is 0. The van der Waals surface area contributed by atoms with Crippen LogP contribution in [0.1, 0.15) is 53.7 Å². The lowest BCUT2D eigenvalue weighted by Gasteiger charge is -2.55. The standard InChI is InChI=1S/C27H28FN3O7/c1-2-31-7-5-26-10-11-8-13-17(15(32)9-12(19(13)28)14-4-3-6-30-14)20(33)16(11)23(35)27(26,38)24(36)18(25(29)37)21(34)22(26)31/h5,7,9,11,14,22,30,32,34-35,38H,2-4,6,8,10H2,1H3,(H2,29,37)/t11-,14?,22+,26-,27-/m0/s1. The molecule has 3 aliphatic carbocycles. The predicted molar refractivity (Wildman–Crippen MR) is 130 cm³/mol. The van der Waals surface area contributed by atoms with Crippen molar-refractivity contribution in [1.29, 1.82) is 0 Å². The number of likely N-dealkylation sites (N-methyl/N-ethyl adjacent to an activating group) is 1. The second-order valence-corrected chi connectivity index (χ2v) is 10.8. The molecule has 6 rings (SSSR count). The van der Waals surface area contributed by atoms with Gasteiger partial charge in [-0.25, -0.2) is 4.39 Å². The molecule has 2 heterocycles. The number of nitrogens with zero attached hydrogens (tertiary/aromatic N) is 1. The number of aliphatic hydroxyl groups is 3. The number of carbonyl (C=O) groups excluding carboxylic acids is 3. The van der Waals surface area contributed by atoms with Gasteiger partial charge < -0.3 is 36.4 Å². The first-order valence-electron chi connectivity index (χ1n) is 12.7. The van der Waals surface area contributed by atoms with E-state index in [0.717, 1.165) is 6.42 Å². The number of phenolic OH excluding ortho intramolecular Hbond substituents is 1. The lowest BCUT2D eigenvalue weighted by Crippen LogP contribution is -2.68. The van der Waals surface area contributed by atoms with E-state index in [1.165, 1.54) is 12.1 Å². The number of fused-ring (bicyclic) bond motifs is 2. The van der Waals surface area contributed by atoms with E-state index in [1.54, 1.807) is 18.0 Å². The van der Waals surface area contributed by atoms with E-state index in [1.807, 2.05) is 0 Å². The van der Waals surface area contributed by atoms with Crippen LogP contribution in [0.25, 0.3) is 0 Å². The minimum absolute atomic E-state index is 0.00712. The van der Waals surface area contributed by atoms with Crippen LogP contribution in [0.5, 0.6) is 5.75 Å². The van der Waals surface area contributed by atoms with Crippen molar-refractivity contribution in [3.05, 3.63) is 63.5 Å². The van der Waals surface area contributed by atoms with Gasteiger partial charge in [0.1, 0.15) is 28.7 Å². The molecular weight excluding hydrogens is 497 g/mol. The van der Waals surface area contributed by atoms with E-state index in [9.17, 15) is 34.8 Å². The van der Waals surface area contributed by atoms with Crippen LogP contribution in [0.2, 0.25) is 0 Å². The third-order valence-electron chi connectivity index (χ3n) is 9.06. The Kier molecular flexibility index (Phi) is 5.12. The summed E-state index contributed by atoms with van der Waals surface area (Å²) in [5, 5.41) is 48.5. The van der Waals surface area contributed by atoms with Crippen LogP contribution < -0.4 is 11.1 Å². The molecule has 10 nitrogen and oxygen atoms in total. The molecule has 1 saturated heterocycles. The number of ketones is 2. The monoisotopic (exact) mass is 525 g/mol. The quantitative estimate of drug-likeness (QED) is 0.318. The van der Waals surface area contributed by atoms with Crippen molar-refractivity contribution in [1.82, 2.24) is 10.2 Å². The minimum atomic E-state index is -2.80. The van der Waals surface area contributed by atoms with E-state index < -0.39 is 69.1 Å². The van der Waals surface area contributed by atoms with Crippen molar-refractivity contribution in [2.75, 3.05) is 13.1 Å². The molecule has 2 aliphatic heterocycles. The Morgan fingerprint density at radius 1 is 1.29 bits per heavy atom. The zero-order chi connectivity index (χ0) is 27.3. The Hall–Kier alpha value is -3.70. The normalized spacial score (nSPS) is 33.9. The number of carbonyl (C=O) groups is 3. The molecule has 1 spiro atoms. The van der Waals surface area contributed by atoms with Gasteiger partial charge in [-0.1, -0.05) is 6.08 Å². The highest BCUT2D eigenvalue weighted by molar-refractivity contribution is 6.25. The van der Waals surface area contributed by atoms with Crippen molar-refractivity contribution >= 4 is 17.5 Å². The molecule has 0 bridgehead atoms. The molecule has 1 aromatic carbocycles. The topological polar surface area (TPSA) is 173 Å². The van der Waals surface area contributed by atoms with Crippen LogP contribution in [0.3, 0.4) is 0 Å². The summed E-state index contributed by atoms with van der Waals surface area (Å²) in [6, 6.07) is -0.240. The number of amides is 1. The number of nitrogens with two attached hydrogens (primary N) is 1. The fourth-order valence-electron chi connectivity index (χ4n) is 7.36. The number of Topliss-reactive ketones (excluding diaryl/α,β-unsaturated/α-hetero) is 2. The molecule has 1 amide bonds. The van der Waals surface area contributed by atoms with Gasteiger partial charge in [0.05, 0.1) is 17.0 Å². The lowest BCUT2D eigenvalue weighted by molar-refractivity contribution is -0.157. The first-order chi connectivity index (χ1) is 18.0. The second kappa shape index (κ2) is 7.90. The number of aromatic hydroxyl groups is 1.